The van der Waals surface area contributed by atoms with Gasteiger partial charge in [-0.25, -0.2) is 4.79 Å². The Bertz CT molecular complexity index is 537. The molecule has 6 heteroatoms. The van der Waals surface area contributed by atoms with Gasteiger partial charge in [-0.3, -0.25) is 4.90 Å². The number of ether oxygens (including phenoxy) is 2. The van der Waals surface area contributed by atoms with Crippen molar-refractivity contribution in [3.8, 4) is 5.75 Å². The third-order valence-electron chi connectivity index (χ3n) is 4.14. The second-order valence-electron chi connectivity index (χ2n) is 6.89. The normalized spacial score (nSPS) is 16.2. The quantitative estimate of drug-likeness (QED) is 0.627. The first-order chi connectivity index (χ1) is 10.9. The Hall–Kier alpha value is -1.37. The SMILES string of the molecule is COc1cc([Si](C)(C)C)ccc1C(=O)OCCN1CCNCC1. The lowest BCUT2D eigenvalue weighted by Gasteiger charge is -2.26. The van der Waals surface area contributed by atoms with Crippen LogP contribution in [-0.4, -0.2) is 65.4 Å². The minimum Gasteiger partial charge on any atom is -0.496 e. The van der Waals surface area contributed by atoms with E-state index in [1.165, 1.54) is 5.19 Å². The Labute approximate surface area is 140 Å². The number of esters is 1. The van der Waals surface area contributed by atoms with Crippen LogP contribution in [0.1, 0.15) is 10.4 Å². The number of rotatable bonds is 6. The smallest absolute Gasteiger partial charge is 0.341 e. The van der Waals surface area contributed by atoms with Gasteiger partial charge in [-0.15, -0.1) is 0 Å². The predicted molar refractivity (Wildman–Crippen MR) is 95.6 cm³/mol. The number of benzene rings is 1. The molecule has 2 rings (SSSR count). The van der Waals surface area contributed by atoms with Crippen molar-refractivity contribution in [2.24, 2.45) is 0 Å². The number of hydrogen-bond acceptors (Lipinski definition) is 5. The zero-order chi connectivity index (χ0) is 16.9. The van der Waals surface area contributed by atoms with E-state index in [0.717, 1.165) is 32.7 Å². The summed E-state index contributed by atoms with van der Waals surface area (Å²) in [6, 6.07) is 5.85. The van der Waals surface area contributed by atoms with Gasteiger partial charge in [-0.1, -0.05) is 30.9 Å². The van der Waals surface area contributed by atoms with Crippen molar-refractivity contribution in [1.82, 2.24) is 10.2 Å². The molecule has 1 N–H and O–H groups in total. The molecular formula is C17H28N2O3Si. The van der Waals surface area contributed by atoms with Gasteiger partial charge in [0.2, 0.25) is 0 Å². The number of nitrogens with zero attached hydrogens (tertiary/aromatic N) is 1. The van der Waals surface area contributed by atoms with E-state index in [4.69, 9.17) is 9.47 Å². The van der Waals surface area contributed by atoms with Gasteiger partial charge in [0, 0.05) is 32.7 Å². The van der Waals surface area contributed by atoms with Crippen molar-refractivity contribution >= 4 is 19.2 Å². The van der Waals surface area contributed by atoms with Crippen LogP contribution in [0.15, 0.2) is 18.2 Å². The maximum Gasteiger partial charge on any atom is 0.341 e. The number of carbonyl (C=O) groups excluding carboxylic acids is 1. The van der Waals surface area contributed by atoms with E-state index >= 15 is 0 Å². The molecule has 0 aliphatic carbocycles. The monoisotopic (exact) mass is 336 g/mol. The second-order valence-corrected chi connectivity index (χ2v) is 12.0. The number of methoxy groups -OCH3 is 1. The summed E-state index contributed by atoms with van der Waals surface area (Å²) in [6.45, 7) is 12.0. The Morgan fingerprint density at radius 2 is 1.96 bits per heavy atom. The average molecular weight is 337 g/mol. The van der Waals surface area contributed by atoms with Crippen LogP contribution in [0.4, 0.5) is 0 Å². The van der Waals surface area contributed by atoms with Crippen molar-refractivity contribution in [2.75, 3.05) is 46.4 Å². The van der Waals surface area contributed by atoms with Crippen LogP contribution < -0.4 is 15.2 Å². The molecule has 0 aromatic heterocycles. The molecule has 5 nitrogen and oxygen atoms in total. The van der Waals surface area contributed by atoms with Crippen LogP contribution >= 0.6 is 0 Å². The molecule has 0 amide bonds. The molecular weight excluding hydrogens is 308 g/mol. The van der Waals surface area contributed by atoms with Gasteiger partial charge < -0.3 is 14.8 Å². The molecule has 0 spiro atoms. The lowest BCUT2D eigenvalue weighted by atomic mass is 10.2. The summed E-state index contributed by atoms with van der Waals surface area (Å²) in [5.41, 5.74) is 0.509. The summed E-state index contributed by atoms with van der Waals surface area (Å²) in [4.78, 5) is 14.6. The topological polar surface area (TPSA) is 50.8 Å². The van der Waals surface area contributed by atoms with E-state index in [1.54, 1.807) is 7.11 Å². The van der Waals surface area contributed by atoms with Gasteiger partial charge >= 0.3 is 5.97 Å². The van der Waals surface area contributed by atoms with Gasteiger partial charge in [-0.05, 0) is 12.1 Å². The molecule has 0 unspecified atom stereocenters. The van der Waals surface area contributed by atoms with Crippen molar-refractivity contribution < 1.29 is 14.3 Å². The van der Waals surface area contributed by atoms with Gasteiger partial charge in [0.05, 0.1) is 15.2 Å². The maximum absolute atomic E-state index is 12.3. The standard InChI is InChI=1S/C17H28N2O3Si/c1-21-16-13-14(23(2,3)4)5-6-15(16)17(20)22-12-11-19-9-7-18-8-10-19/h5-6,13,18H,7-12H2,1-4H3. The molecule has 0 saturated carbocycles. The Morgan fingerprint density at radius 3 is 2.57 bits per heavy atom. The third kappa shape index (κ3) is 5.05. The van der Waals surface area contributed by atoms with Crippen molar-refractivity contribution in [2.45, 2.75) is 19.6 Å². The van der Waals surface area contributed by atoms with Gasteiger partial charge in [0.15, 0.2) is 0 Å². The third-order valence-corrected chi connectivity index (χ3v) is 6.18. The van der Waals surface area contributed by atoms with Crippen molar-refractivity contribution in [3.05, 3.63) is 23.8 Å². The molecule has 1 aromatic carbocycles. The van der Waals surface area contributed by atoms with Crippen LogP contribution in [-0.2, 0) is 4.74 Å². The fourth-order valence-electron chi connectivity index (χ4n) is 2.61. The van der Waals surface area contributed by atoms with Crippen LogP contribution in [0.25, 0.3) is 0 Å². The highest BCUT2D eigenvalue weighted by Gasteiger charge is 2.21. The molecule has 23 heavy (non-hydrogen) atoms. The molecule has 1 aromatic rings. The van der Waals surface area contributed by atoms with Crippen LogP contribution in [0.3, 0.4) is 0 Å². The van der Waals surface area contributed by atoms with Crippen molar-refractivity contribution in [1.29, 1.82) is 0 Å². The highest BCUT2D eigenvalue weighted by atomic mass is 28.3. The molecule has 1 fully saturated rings. The number of nitrogens with one attached hydrogen (secondary N) is 1. The largest absolute Gasteiger partial charge is 0.496 e. The fourth-order valence-corrected chi connectivity index (χ4v) is 3.75. The van der Waals surface area contributed by atoms with Crippen LogP contribution in [0, 0.1) is 0 Å². The predicted octanol–water partition coefficient (Wildman–Crippen LogP) is 1.30. The number of hydrogen-bond donors (Lipinski definition) is 1. The molecule has 128 valence electrons. The summed E-state index contributed by atoms with van der Waals surface area (Å²) in [5, 5.41) is 4.58. The van der Waals surface area contributed by atoms with E-state index in [1.807, 2.05) is 18.2 Å². The van der Waals surface area contributed by atoms with Gasteiger partial charge in [-0.2, -0.15) is 0 Å². The van der Waals surface area contributed by atoms with E-state index < -0.39 is 8.07 Å². The molecule has 0 atom stereocenters. The van der Waals surface area contributed by atoms with Gasteiger partial charge in [0.1, 0.15) is 17.9 Å². The lowest BCUT2D eigenvalue weighted by Crippen LogP contribution is -2.44. The molecule has 1 heterocycles. The molecule has 1 aliphatic heterocycles. The number of piperazine rings is 1. The summed E-state index contributed by atoms with van der Waals surface area (Å²) >= 11 is 0. The summed E-state index contributed by atoms with van der Waals surface area (Å²) in [6.07, 6.45) is 0. The van der Waals surface area contributed by atoms with Crippen LogP contribution in [0.5, 0.6) is 5.75 Å². The lowest BCUT2D eigenvalue weighted by molar-refractivity contribution is 0.0452. The van der Waals surface area contributed by atoms with E-state index in [2.05, 4.69) is 29.9 Å². The van der Waals surface area contributed by atoms with E-state index in [9.17, 15) is 4.79 Å². The summed E-state index contributed by atoms with van der Waals surface area (Å²) in [7, 11) is 0.167. The molecule has 0 radical (unpaired) electrons. The van der Waals surface area contributed by atoms with Crippen molar-refractivity contribution in [3.63, 3.8) is 0 Å². The minimum atomic E-state index is -1.43. The Kier molecular flexibility index (Phi) is 6.21. The molecule has 1 aliphatic rings. The first-order valence-electron chi connectivity index (χ1n) is 8.20. The van der Waals surface area contributed by atoms with E-state index in [-0.39, 0.29) is 5.97 Å². The zero-order valence-electron chi connectivity index (χ0n) is 14.6. The fraction of sp³-hybridized carbons (Fsp3) is 0.588. The Morgan fingerprint density at radius 1 is 1.26 bits per heavy atom. The van der Waals surface area contributed by atoms with Gasteiger partial charge in [0.25, 0.3) is 0 Å². The highest BCUT2D eigenvalue weighted by Crippen LogP contribution is 2.19. The molecule has 0 bridgehead atoms. The van der Waals surface area contributed by atoms with E-state index in [0.29, 0.717) is 17.9 Å². The van der Waals surface area contributed by atoms with Crippen LogP contribution in [0.2, 0.25) is 19.6 Å². The first-order valence-corrected chi connectivity index (χ1v) is 11.7. The minimum absolute atomic E-state index is 0.306. The number of carbonyl (C=O) groups is 1. The Balaban J connectivity index is 1.95. The first kappa shape index (κ1) is 18.0. The maximum atomic E-state index is 12.3. The molecule has 1 saturated heterocycles. The average Bonchev–Trinajstić information content (AvgIpc) is 2.54. The zero-order valence-corrected chi connectivity index (χ0v) is 15.6. The second kappa shape index (κ2) is 7.94. The summed E-state index contributed by atoms with van der Waals surface area (Å²) < 4.78 is 10.8. The summed E-state index contributed by atoms with van der Waals surface area (Å²) in [5.74, 6) is 0.302. The highest BCUT2D eigenvalue weighted by molar-refractivity contribution is 6.88.